The third kappa shape index (κ3) is 3.44. The van der Waals surface area contributed by atoms with Gasteiger partial charge in [0.15, 0.2) is 11.6 Å². The predicted octanol–water partition coefficient (Wildman–Crippen LogP) is 4.35. The summed E-state index contributed by atoms with van der Waals surface area (Å²) in [5.74, 6) is -2.00. The summed E-state index contributed by atoms with van der Waals surface area (Å²) in [6.45, 7) is -6.38. The lowest BCUT2D eigenvalue weighted by molar-refractivity contribution is -0.0543. The maximum Gasteiger partial charge on any atom is 0.387 e. The zero-order valence-corrected chi connectivity index (χ0v) is 12.9. The van der Waals surface area contributed by atoms with E-state index in [0.29, 0.717) is 0 Å². The molecular formula is C18H10F4O4. The van der Waals surface area contributed by atoms with E-state index in [9.17, 15) is 27.2 Å². The maximum absolute atomic E-state index is 12.6. The minimum absolute atomic E-state index is 0.0450. The van der Waals surface area contributed by atoms with E-state index in [0.717, 1.165) is 24.3 Å². The monoisotopic (exact) mass is 366 g/mol. The number of carbonyl (C=O) groups is 2. The number of carbonyl (C=O) groups excluding carboxylic acids is 2. The zero-order chi connectivity index (χ0) is 18.8. The first-order chi connectivity index (χ1) is 12.4. The summed E-state index contributed by atoms with van der Waals surface area (Å²) in [6.07, 6.45) is 1.09. The van der Waals surface area contributed by atoms with E-state index in [1.54, 1.807) is 12.1 Å². The first-order valence-corrected chi connectivity index (χ1v) is 7.30. The molecule has 0 N–H and O–H groups in total. The normalized spacial score (nSPS) is 13.4. The van der Waals surface area contributed by atoms with Crippen LogP contribution in [0.3, 0.4) is 0 Å². The fourth-order valence-corrected chi connectivity index (χ4v) is 2.57. The fourth-order valence-electron chi connectivity index (χ4n) is 2.57. The lowest BCUT2D eigenvalue weighted by atomic mass is 10.1. The molecule has 1 aliphatic carbocycles. The Morgan fingerprint density at radius 2 is 1.38 bits per heavy atom. The van der Waals surface area contributed by atoms with Gasteiger partial charge < -0.3 is 9.47 Å². The molecule has 26 heavy (non-hydrogen) atoms. The number of fused-ring (bicyclic) bond motifs is 1. The molecule has 0 heterocycles. The van der Waals surface area contributed by atoms with Crippen LogP contribution in [0.1, 0.15) is 26.3 Å². The van der Waals surface area contributed by atoms with Crippen LogP contribution in [0.25, 0.3) is 6.08 Å². The van der Waals surface area contributed by atoms with Gasteiger partial charge in [0.05, 0.1) is 5.57 Å². The van der Waals surface area contributed by atoms with Crippen LogP contribution in [-0.2, 0) is 0 Å². The van der Waals surface area contributed by atoms with Crippen molar-refractivity contribution < 1.29 is 36.6 Å². The summed E-state index contributed by atoms with van der Waals surface area (Å²) in [4.78, 5) is 24.7. The summed E-state index contributed by atoms with van der Waals surface area (Å²) in [7, 11) is 0. The molecular weight excluding hydrogens is 356 g/mol. The molecule has 2 aromatic carbocycles. The van der Waals surface area contributed by atoms with Crippen molar-refractivity contribution in [3.63, 3.8) is 0 Å². The molecule has 0 amide bonds. The van der Waals surface area contributed by atoms with Gasteiger partial charge in [-0.3, -0.25) is 9.59 Å². The maximum atomic E-state index is 12.6. The van der Waals surface area contributed by atoms with Crippen LogP contribution in [0.15, 0.2) is 48.0 Å². The van der Waals surface area contributed by atoms with Crippen LogP contribution in [0.5, 0.6) is 11.5 Å². The van der Waals surface area contributed by atoms with Gasteiger partial charge in [-0.25, -0.2) is 0 Å². The Labute approximate surface area is 144 Å². The Kier molecular flexibility index (Phi) is 4.75. The lowest BCUT2D eigenvalue weighted by Gasteiger charge is -2.11. The number of hydrogen-bond donors (Lipinski definition) is 0. The minimum Gasteiger partial charge on any atom is -0.435 e. The van der Waals surface area contributed by atoms with E-state index < -0.39 is 36.3 Å². The first-order valence-electron chi connectivity index (χ1n) is 7.30. The van der Waals surface area contributed by atoms with Crippen LogP contribution in [0.2, 0.25) is 0 Å². The summed E-state index contributed by atoms with van der Waals surface area (Å²) in [5.41, 5.74) is 0.139. The van der Waals surface area contributed by atoms with Crippen molar-refractivity contribution in [1.82, 2.24) is 0 Å². The molecule has 3 rings (SSSR count). The number of halogens is 4. The SMILES string of the molecule is O=C1C(=Cc2ccc(OC(F)F)cc2OC(F)F)C(=O)c2ccccc21. The van der Waals surface area contributed by atoms with E-state index in [1.165, 1.54) is 12.1 Å². The van der Waals surface area contributed by atoms with Gasteiger partial charge in [-0.1, -0.05) is 24.3 Å². The quantitative estimate of drug-likeness (QED) is 0.448. The number of Topliss-reactive ketones (excluding diaryl/α,β-unsaturated/α-hetero) is 2. The second-order valence-electron chi connectivity index (χ2n) is 5.22. The number of hydrogen-bond acceptors (Lipinski definition) is 4. The lowest BCUT2D eigenvalue weighted by Crippen LogP contribution is -2.06. The molecule has 8 heteroatoms. The number of alkyl halides is 4. The van der Waals surface area contributed by atoms with Gasteiger partial charge in [-0.2, -0.15) is 17.6 Å². The van der Waals surface area contributed by atoms with Gasteiger partial charge >= 0.3 is 13.2 Å². The molecule has 0 fully saturated rings. The zero-order valence-electron chi connectivity index (χ0n) is 12.9. The minimum atomic E-state index is -3.24. The van der Waals surface area contributed by atoms with Crippen molar-refractivity contribution in [2.45, 2.75) is 13.2 Å². The van der Waals surface area contributed by atoms with Gasteiger partial charge in [0.2, 0.25) is 0 Å². The van der Waals surface area contributed by atoms with Crippen LogP contribution in [0, 0.1) is 0 Å². The van der Waals surface area contributed by atoms with Crippen molar-refractivity contribution >= 4 is 17.6 Å². The summed E-state index contributed by atoms with van der Waals surface area (Å²) in [5, 5.41) is 0. The van der Waals surface area contributed by atoms with E-state index in [4.69, 9.17) is 0 Å². The third-order valence-electron chi connectivity index (χ3n) is 3.63. The second kappa shape index (κ2) is 6.99. The molecule has 0 bridgehead atoms. The highest BCUT2D eigenvalue weighted by Crippen LogP contribution is 2.33. The second-order valence-corrected chi connectivity index (χ2v) is 5.22. The van der Waals surface area contributed by atoms with Crippen molar-refractivity contribution in [3.8, 4) is 11.5 Å². The van der Waals surface area contributed by atoms with Crippen molar-refractivity contribution in [3.05, 3.63) is 64.7 Å². The molecule has 0 spiro atoms. The van der Waals surface area contributed by atoms with E-state index in [2.05, 4.69) is 9.47 Å². The molecule has 0 saturated heterocycles. The molecule has 0 atom stereocenters. The largest absolute Gasteiger partial charge is 0.435 e. The smallest absolute Gasteiger partial charge is 0.387 e. The number of allylic oxidation sites excluding steroid dienone is 1. The molecule has 0 radical (unpaired) electrons. The van der Waals surface area contributed by atoms with E-state index in [-0.39, 0.29) is 22.3 Å². The number of ketones is 2. The van der Waals surface area contributed by atoms with Crippen LogP contribution >= 0.6 is 0 Å². The summed E-state index contributed by atoms with van der Waals surface area (Å²) in [6, 6.07) is 9.21. The molecule has 4 nitrogen and oxygen atoms in total. The molecule has 1 aliphatic rings. The Morgan fingerprint density at radius 1 is 0.808 bits per heavy atom. The van der Waals surface area contributed by atoms with Crippen LogP contribution in [-0.4, -0.2) is 24.8 Å². The molecule has 0 unspecified atom stereocenters. The third-order valence-corrected chi connectivity index (χ3v) is 3.63. The number of rotatable bonds is 5. The van der Waals surface area contributed by atoms with Crippen molar-refractivity contribution in [2.24, 2.45) is 0 Å². The molecule has 0 aliphatic heterocycles. The highest BCUT2D eigenvalue weighted by Gasteiger charge is 2.32. The van der Waals surface area contributed by atoms with E-state index >= 15 is 0 Å². The van der Waals surface area contributed by atoms with Gasteiger partial charge in [0.25, 0.3) is 0 Å². The average Bonchev–Trinajstić information content (AvgIpc) is 2.81. The number of benzene rings is 2. The van der Waals surface area contributed by atoms with Crippen LogP contribution < -0.4 is 9.47 Å². The molecule has 0 aromatic heterocycles. The highest BCUT2D eigenvalue weighted by atomic mass is 19.3. The predicted molar refractivity (Wildman–Crippen MR) is 82.8 cm³/mol. The Bertz CT molecular complexity index is 869. The standard InChI is InChI=1S/C18H10F4O4/c19-17(20)25-10-6-5-9(14(8-10)26-18(21)22)7-13-15(23)11-3-1-2-4-12(11)16(13)24/h1-8,17-18H. The van der Waals surface area contributed by atoms with Gasteiger partial charge in [0.1, 0.15) is 11.5 Å². The molecule has 134 valence electrons. The Morgan fingerprint density at radius 3 is 1.92 bits per heavy atom. The Hall–Kier alpha value is -3.16. The average molecular weight is 366 g/mol. The first kappa shape index (κ1) is 17.7. The molecule has 0 saturated carbocycles. The van der Waals surface area contributed by atoms with Gasteiger partial charge in [-0.15, -0.1) is 0 Å². The van der Waals surface area contributed by atoms with Gasteiger partial charge in [0, 0.05) is 22.8 Å². The van der Waals surface area contributed by atoms with Crippen molar-refractivity contribution in [1.29, 1.82) is 0 Å². The molecule has 2 aromatic rings. The fraction of sp³-hybridized carbons (Fsp3) is 0.111. The Balaban J connectivity index is 2.02. The summed E-state index contributed by atoms with van der Waals surface area (Å²) < 4.78 is 58.2. The van der Waals surface area contributed by atoms with Crippen molar-refractivity contribution in [2.75, 3.05) is 0 Å². The van der Waals surface area contributed by atoms with Gasteiger partial charge in [-0.05, 0) is 18.2 Å². The summed E-state index contributed by atoms with van der Waals surface area (Å²) >= 11 is 0. The topological polar surface area (TPSA) is 52.6 Å². The highest BCUT2D eigenvalue weighted by molar-refractivity contribution is 6.41. The number of ether oxygens (including phenoxy) is 2. The van der Waals surface area contributed by atoms with Crippen LogP contribution in [0.4, 0.5) is 17.6 Å². The van der Waals surface area contributed by atoms with E-state index in [1.807, 2.05) is 0 Å².